The fourth-order valence-electron chi connectivity index (χ4n) is 4.66. The van der Waals surface area contributed by atoms with Crippen molar-refractivity contribution in [3.8, 4) is 0 Å². The Balaban J connectivity index is 1.70. The minimum atomic E-state index is -0.714. The van der Waals surface area contributed by atoms with Gasteiger partial charge in [-0.25, -0.2) is 0 Å². The Labute approximate surface area is 158 Å². The van der Waals surface area contributed by atoms with Crippen molar-refractivity contribution >= 4 is 5.97 Å². The van der Waals surface area contributed by atoms with E-state index in [-0.39, 0.29) is 12.5 Å². The predicted molar refractivity (Wildman–Crippen MR) is 104 cm³/mol. The van der Waals surface area contributed by atoms with Crippen LogP contribution in [0.15, 0.2) is 23.8 Å². The van der Waals surface area contributed by atoms with E-state index in [0.717, 1.165) is 51.4 Å². The number of rotatable bonds is 12. The van der Waals surface area contributed by atoms with Gasteiger partial charge in [0.2, 0.25) is 0 Å². The molecule has 2 saturated carbocycles. The van der Waals surface area contributed by atoms with Gasteiger partial charge in [-0.05, 0) is 63.2 Å². The van der Waals surface area contributed by atoms with Gasteiger partial charge >= 0.3 is 5.97 Å². The first kappa shape index (κ1) is 21.2. The number of hydrogen-bond acceptors (Lipinski definition) is 3. The van der Waals surface area contributed by atoms with Crippen LogP contribution in [0.25, 0.3) is 0 Å². The molecule has 0 bridgehead atoms. The van der Waals surface area contributed by atoms with Gasteiger partial charge in [0.1, 0.15) is 0 Å². The number of hydrogen-bond donors (Lipinski definition) is 3. The van der Waals surface area contributed by atoms with Crippen LogP contribution in [0.3, 0.4) is 0 Å². The Morgan fingerprint density at radius 2 is 1.81 bits per heavy atom. The Bertz CT molecular complexity index is 483. The number of carboxylic acids is 1. The van der Waals surface area contributed by atoms with Crippen LogP contribution in [0, 0.1) is 17.8 Å². The lowest BCUT2D eigenvalue weighted by atomic mass is 9.90. The third-order valence-electron chi connectivity index (χ3n) is 6.03. The minimum Gasteiger partial charge on any atom is -0.481 e. The van der Waals surface area contributed by atoms with Gasteiger partial charge in [0, 0.05) is 18.9 Å². The quantitative estimate of drug-likeness (QED) is 0.353. The van der Waals surface area contributed by atoms with Gasteiger partial charge in [0.15, 0.2) is 0 Å². The predicted octanol–water partition coefficient (Wildman–Crippen LogP) is 4.46. The first-order valence-electron chi connectivity index (χ1n) is 10.5. The highest BCUT2D eigenvalue weighted by Crippen LogP contribution is 2.50. The lowest BCUT2D eigenvalue weighted by Crippen LogP contribution is -2.16. The summed E-state index contributed by atoms with van der Waals surface area (Å²) in [5, 5.41) is 27.9. The Morgan fingerprint density at radius 1 is 1.04 bits per heavy atom. The number of aliphatic carboxylic acids is 1. The van der Waals surface area contributed by atoms with E-state index in [1.807, 2.05) is 0 Å². The normalized spacial score (nSPS) is 29.7. The van der Waals surface area contributed by atoms with Crippen LogP contribution in [0.4, 0.5) is 0 Å². The number of carboxylic acid groups (broad SMARTS) is 1. The van der Waals surface area contributed by atoms with Crippen LogP contribution >= 0.6 is 0 Å². The van der Waals surface area contributed by atoms with Gasteiger partial charge in [-0.2, -0.15) is 0 Å². The van der Waals surface area contributed by atoms with E-state index in [2.05, 4.69) is 18.2 Å². The molecule has 3 N–H and O–H groups in total. The van der Waals surface area contributed by atoms with E-state index in [4.69, 9.17) is 10.2 Å². The SMILES string of the molecule is O=C(O)CCC/C=C1/C[C@H]2C[C@@H](O)[C@H](/C=C/CCCCCCCO)[C@H]2C1. The van der Waals surface area contributed by atoms with E-state index >= 15 is 0 Å². The van der Waals surface area contributed by atoms with Gasteiger partial charge in [-0.1, -0.05) is 43.1 Å². The van der Waals surface area contributed by atoms with E-state index in [9.17, 15) is 9.90 Å². The third-order valence-corrected chi connectivity index (χ3v) is 6.03. The molecule has 26 heavy (non-hydrogen) atoms. The van der Waals surface area contributed by atoms with Crippen molar-refractivity contribution in [1.82, 2.24) is 0 Å². The second kappa shape index (κ2) is 11.6. The molecule has 2 aliphatic rings. The smallest absolute Gasteiger partial charge is 0.303 e. The molecule has 4 nitrogen and oxygen atoms in total. The van der Waals surface area contributed by atoms with Crippen molar-refractivity contribution in [2.75, 3.05) is 6.61 Å². The molecule has 0 aromatic carbocycles. The average Bonchev–Trinajstić information content (AvgIpc) is 3.11. The molecule has 4 heteroatoms. The largest absolute Gasteiger partial charge is 0.481 e. The zero-order valence-corrected chi connectivity index (χ0v) is 16.0. The van der Waals surface area contributed by atoms with Gasteiger partial charge in [0.05, 0.1) is 6.10 Å². The zero-order chi connectivity index (χ0) is 18.8. The Kier molecular flexibility index (Phi) is 9.41. The van der Waals surface area contributed by atoms with E-state index in [1.54, 1.807) is 0 Å². The highest BCUT2D eigenvalue weighted by molar-refractivity contribution is 5.66. The first-order chi connectivity index (χ1) is 12.6. The highest BCUT2D eigenvalue weighted by Gasteiger charge is 2.44. The lowest BCUT2D eigenvalue weighted by molar-refractivity contribution is -0.137. The number of aliphatic hydroxyl groups is 2. The van der Waals surface area contributed by atoms with Crippen LogP contribution < -0.4 is 0 Å². The van der Waals surface area contributed by atoms with E-state index < -0.39 is 5.97 Å². The molecule has 0 heterocycles. The topological polar surface area (TPSA) is 77.8 Å². The summed E-state index contributed by atoms with van der Waals surface area (Å²) in [5.41, 5.74) is 1.47. The van der Waals surface area contributed by atoms with Crippen LogP contribution in [0.2, 0.25) is 0 Å². The molecule has 4 atom stereocenters. The molecular formula is C22H36O4. The molecular weight excluding hydrogens is 328 g/mol. The molecule has 2 fully saturated rings. The fraction of sp³-hybridized carbons (Fsp3) is 0.773. The monoisotopic (exact) mass is 364 g/mol. The molecule has 0 saturated heterocycles. The summed E-state index contributed by atoms with van der Waals surface area (Å²) in [4.78, 5) is 10.6. The maximum Gasteiger partial charge on any atom is 0.303 e. The number of allylic oxidation sites excluding steroid dienone is 3. The van der Waals surface area contributed by atoms with Crippen LogP contribution in [0.1, 0.15) is 77.0 Å². The number of aliphatic hydroxyl groups excluding tert-OH is 2. The summed E-state index contributed by atoms with van der Waals surface area (Å²) in [6.45, 7) is 0.304. The minimum absolute atomic E-state index is 0.195. The van der Waals surface area contributed by atoms with Crippen LogP contribution in [-0.4, -0.2) is 34.0 Å². The van der Waals surface area contributed by atoms with Gasteiger partial charge in [0.25, 0.3) is 0 Å². The summed E-state index contributed by atoms with van der Waals surface area (Å²) in [7, 11) is 0. The molecule has 0 radical (unpaired) electrons. The van der Waals surface area contributed by atoms with E-state index in [0.29, 0.717) is 24.4 Å². The van der Waals surface area contributed by atoms with Crippen molar-refractivity contribution in [2.45, 2.75) is 83.2 Å². The van der Waals surface area contributed by atoms with Crippen LogP contribution in [0.5, 0.6) is 0 Å². The molecule has 0 amide bonds. The zero-order valence-electron chi connectivity index (χ0n) is 16.0. The van der Waals surface area contributed by atoms with Crippen molar-refractivity contribution in [3.63, 3.8) is 0 Å². The van der Waals surface area contributed by atoms with Crippen molar-refractivity contribution in [3.05, 3.63) is 23.8 Å². The fourth-order valence-corrected chi connectivity index (χ4v) is 4.66. The van der Waals surface area contributed by atoms with Crippen molar-refractivity contribution in [2.24, 2.45) is 17.8 Å². The molecule has 2 aliphatic carbocycles. The van der Waals surface area contributed by atoms with Crippen molar-refractivity contribution in [1.29, 1.82) is 0 Å². The third kappa shape index (κ3) is 6.88. The molecule has 0 unspecified atom stereocenters. The summed E-state index contributed by atoms with van der Waals surface area (Å²) in [6, 6.07) is 0. The van der Waals surface area contributed by atoms with Crippen LogP contribution in [-0.2, 0) is 4.79 Å². The molecule has 148 valence electrons. The average molecular weight is 365 g/mol. The second-order valence-corrected chi connectivity index (χ2v) is 8.07. The lowest BCUT2D eigenvalue weighted by Gasteiger charge is -2.17. The van der Waals surface area contributed by atoms with Crippen molar-refractivity contribution < 1.29 is 20.1 Å². The second-order valence-electron chi connectivity index (χ2n) is 8.07. The number of unbranched alkanes of at least 4 members (excludes halogenated alkanes) is 6. The standard InChI is InChI=1S/C22H36O4/c23-13-9-5-3-1-2-4-6-11-19-20-15-17(10-7-8-12-22(25)26)14-18(20)16-21(19)24/h6,10-11,18-21,23-24H,1-5,7-9,12-16H2,(H,25,26)/b11-6+,17-10-/t18-,19+,20-,21+/m0/s1. The summed E-state index contributed by atoms with van der Waals surface area (Å²) in [6.07, 6.45) is 18.2. The maximum atomic E-state index is 10.6. The maximum absolute atomic E-state index is 10.6. The molecule has 0 aromatic rings. The summed E-state index contributed by atoms with van der Waals surface area (Å²) in [5.74, 6) is 0.744. The Hall–Kier alpha value is -1.13. The summed E-state index contributed by atoms with van der Waals surface area (Å²) >= 11 is 0. The van der Waals surface area contributed by atoms with Gasteiger partial charge < -0.3 is 15.3 Å². The highest BCUT2D eigenvalue weighted by atomic mass is 16.4. The first-order valence-corrected chi connectivity index (χ1v) is 10.5. The van der Waals surface area contributed by atoms with E-state index in [1.165, 1.54) is 24.8 Å². The molecule has 0 aromatic heterocycles. The molecule has 0 spiro atoms. The van der Waals surface area contributed by atoms with Gasteiger partial charge in [-0.15, -0.1) is 0 Å². The summed E-state index contributed by atoms with van der Waals surface area (Å²) < 4.78 is 0. The number of fused-ring (bicyclic) bond motifs is 1. The molecule has 2 rings (SSSR count). The number of carbonyl (C=O) groups is 1. The van der Waals surface area contributed by atoms with Gasteiger partial charge in [-0.3, -0.25) is 4.79 Å². The molecule has 0 aliphatic heterocycles. The Morgan fingerprint density at radius 3 is 2.58 bits per heavy atom.